The van der Waals surface area contributed by atoms with Crippen LogP contribution < -0.4 is 5.32 Å². The molecule has 0 spiro atoms. The molecule has 2 amide bonds. The van der Waals surface area contributed by atoms with Crippen molar-refractivity contribution in [2.24, 2.45) is 5.92 Å². The Labute approximate surface area is 137 Å². The molecule has 2 rings (SSSR count). The molecule has 126 valence electrons. The Kier molecular flexibility index (Phi) is 6.10. The number of hydrogen-bond acceptors (Lipinski definition) is 4. The summed E-state index contributed by atoms with van der Waals surface area (Å²) in [5, 5.41) is 2.83. The molecule has 1 aromatic rings. The van der Waals surface area contributed by atoms with Gasteiger partial charge in [-0.1, -0.05) is 6.07 Å². The van der Waals surface area contributed by atoms with Gasteiger partial charge in [-0.2, -0.15) is 0 Å². The number of amides is 2. The van der Waals surface area contributed by atoms with Crippen molar-refractivity contribution in [3.05, 3.63) is 23.9 Å². The van der Waals surface area contributed by atoms with Crippen LogP contribution in [0.2, 0.25) is 0 Å². The van der Waals surface area contributed by atoms with E-state index >= 15 is 0 Å². The van der Waals surface area contributed by atoms with Crippen molar-refractivity contribution >= 4 is 17.6 Å². The van der Waals surface area contributed by atoms with Gasteiger partial charge in [0, 0.05) is 25.9 Å². The molecule has 1 N–H and O–H groups in total. The number of nitrogens with zero attached hydrogens (tertiary/aromatic N) is 2. The normalized spacial score (nSPS) is 19.3. The number of piperidine rings is 1. The molecule has 1 fully saturated rings. The van der Waals surface area contributed by atoms with E-state index in [4.69, 9.17) is 4.74 Å². The van der Waals surface area contributed by atoms with E-state index in [2.05, 4.69) is 10.3 Å². The highest BCUT2D eigenvalue weighted by molar-refractivity contribution is 5.92. The number of ether oxygens (including phenoxy) is 1. The van der Waals surface area contributed by atoms with Crippen LogP contribution in [0.25, 0.3) is 0 Å². The lowest BCUT2D eigenvalue weighted by atomic mass is 9.96. The number of nitrogens with one attached hydrogen (secondary N) is 1. The largest absolute Gasteiger partial charge is 0.369 e. The molecular formula is C17H25N3O3. The predicted octanol–water partition coefficient (Wildman–Crippen LogP) is 1.99. The molecule has 0 aromatic carbocycles. The smallest absolute Gasteiger partial charge is 0.251 e. The molecule has 2 atom stereocenters. The standard InChI is InChI=1S/C17H25N3O3/c1-4-23-13(3)17(22)20-9-5-6-14(11-20)16(21)19-15-8-7-12(2)10-18-15/h7-8,10,13-14H,4-6,9,11H2,1-3H3,(H,18,19,21)/t13-,14+/m1/s1. The number of carbonyl (C=O) groups excluding carboxylic acids is 2. The number of pyridine rings is 1. The Hall–Kier alpha value is -1.95. The summed E-state index contributed by atoms with van der Waals surface area (Å²) in [4.78, 5) is 30.6. The van der Waals surface area contributed by atoms with Crippen molar-refractivity contribution in [3.63, 3.8) is 0 Å². The number of likely N-dealkylation sites (tertiary alicyclic amines) is 1. The van der Waals surface area contributed by atoms with Crippen LogP contribution in [0, 0.1) is 12.8 Å². The molecule has 1 aliphatic rings. The Morgan fingerprint density at radius 2 is 2.26 bits per heavy atom. The van der Waals surface area contributed by atoms with E-state index in [1.54, 1.807) is 24.1 Å². The average molecular weight is 319 g/mol. The van der Waals surface area contributed by atoms with Gasteiger partial charge >= 0.3 is 0 Å². The molecule has 6 nitrogen and oxygen atoms in total. The first-order chi connectivity index (χ1) is 11.0. The first kappa shape index (κ1) is 17.4. The minimum Gasteiger partial charge on any atom is -0.369 e. The molecule has 1 aromatic heterocycles. The van der Waals surface area contributed by atoms with Crippen molar-refractivity contribution < 1.29 is 14.3 Å². The monoisotopic (exact) mass is 319 g/mol. The summed E-state index contributed by atoms with van der Waals surface area (Å²) in [6.45, 7) is 7.19. The molecule has 6 heteroatoms. The number of aryl methyl sites for hydroxylation is 1. The molecular weight excluding hydrogens is 294 g/mol. The summed E-state index contributed by atoms with van der Waals surface area (Å²) < 4.78 is 5.36. The maximum Gasteiger partial charge on any atom is 0.251 e. The number of aromatic nitrogens is 1. The van der Waals surface area contributed by atoms with Crippen molar-refractivity contribution in [1.82, 2.24) is 9.88 Å². The van der Waals surface area contributed by atoms with Crippen LogP contribution in [0.15, 0.2) is 18.3 Å². The topological polar surface area (TPSA) is 71.5 Å². The highest BCUT2D eigenvalue weighted by Gasteiger charge is 2.30. The van der Waals surface area contributed by atoms with Crippen molar-refractivity contribution in [2.75, 3.05) is 25.0 Å². The van der Waals surface area contributed by atoms with Crippen LogP contribution in [0.5, 0.6) is 0 Å². The molecule has 0 aliphatic carbocycles. The third kappa shape index (κ3) is 4.76. The van der Waals surface area contributed by atoms with Gasteiger partial charge in [0.25, 0.3) is 5.91 Å². The number of hydrogen-bond donors (Lipinski definition) is 1. The zero-order valence-corrected chi connectivity index (χ0v) is 14.0. The van der Waals surface area contributed by atoms with Crippen molar-refractivity contribution in [3.8, 4) is 0 Å². The van der Waals surface area contributed by atoms with Gasteiger partial charge in [0.1, 0.15) is 11.9 Å². The maximum atomic E-state index is 12.4. The lowest BCUT2D eigenvalue weighted by molar-refractivity contribution is -0.145. The van der Waals surface area contributed by atoms with E-state index in [0.717, 1.165) is 18.4 Å². The van der Waals surface area contributed by atoms with E-state index in [0.29, 0.717) is 25.5 Å². The first-order valence-corrected chi connectivity index (χ1v) is 8.15. The van der Waals surface area contributed by atoms with Gasteiger partial charge in [0.15, 0.2) is 0 Å². The Balaban J connectivity index is 1.93. The van der Waals surface area contributed by atoms with Crippen LogP contribution >= 0.6 is 0 Å². The van der Waals surface area contributed by atoms with E-state index < -0.39 is 6.10 Å². The zero-order valence-electron chi connectivity index (χ0n) is 14.0. The Bertz CT molecular complexity index is 545. The van der Waals surface area contributed by atoms with Gasteiger partial charge in [-0.3, -0.25) is 9.59 Å². The molecule has 2 heterocycles. The quantitative estimate of drug-likeness (QED) is 0.901. The molecule has 23 heavy (non-hydrogen) atoms. The molecule has 0 radical (unpaired) electrons. The van der Waals surface area contributed by atoms with Gasteiger partial charge in [0.2, 0.25) is 5.91 Å². The van der Waals surface area contributed by atoms with Gasteiger partial charge < -0.3 is 15.0 Å². The minimum atomic E-state index is -0.458. The third-order valence-electron chi connectivity index (χ3n) is 4.03. The second-order valence-corrected chi connectivity index (χ2v) is 5.93. The summed E-state index contributed by atoms with van der Waals surface area (Å²) in [5.74, 6) is 0.220. The predicted molar refractivity (Wildman–Crippen MR) is 88.0 cm³/mol. The maximum absolute atomic E-state index is 12.4. The van der Waals surface area contributed by atoms with E-state index in [1.807, 2.05) is 19.9 Å². The SMILES string of the molecule is CCO[C@H](C)C(=O)N1CCC[C@H](C(=O)Nc2ccc(C)cn2)C1. The van der Waals surface area contributed by atoms with Gasteiger partial charge in [-0.25, -0.2) is 4.98 Å². The molecule has 0 unspecified atom stereocenters. The first-order valence-electron chi connectivity index (χ1n) is 8.15. The fourth-order valence-electron chi connectivity index (χ4n) is 2.74. The highest BCUT2D eigenvalue weighted by atomic mass is 16.5. The molecule has 0 bridgehead atoms. The molecule has 1 aliphatic heterocycles. The van der Waals surface area contributed by atoms with Crippen LogP contribution in [-0.4, -0.2) is 47.5 Å². The van der Waals surface area contributed by atoms with Crippen molar-refractivity contribution in [1.29, 1.82) is 0 Å². The van der Waals surface area contributed by atoms with Crippen LogP contribution in [0.4, 0.5) is 5.82 Å². The van der Waals surface area contributed by atoms with E-state index in [9.17, 15) is 9.59 Å². The van der Waals surface area contributed by atoms with Crippen LogP contribution in [-0.2, 0) is 14.3 Å². The molecule has 0 saturated carbocycles. The summed E-state index contributed by atoms with van der Waals surface area (Å²) >= 11 is 0. The molecule has 1 saturated heterocycles. The zero-order chi connectivity index (χ0) is 16.8. The summed E-state index contributed by atoms with van der Waals surface area (Å²) in [7, 11) is 0. The minimum absolute atomic E-state index is 0.0437. The van der Waals surface area contributed by atoms with Gasteiger partial charge in [-0.05, 0) is 45.2 Å². The second kappa shape index (κ2) is 8.06. The number of carbonyl (C=O) groups is 2. The number of rotatable bonds is 5. The fraction of sp³-hybridized carbons (Fsp3) is 0.588. The lowest BCUT2D eigenvalue weighted by Gasteiger charge is -2.33. The fourth-order valence-corrected chi connectivity index (χ4v) is 2.74. The summed E-state index contributed by atoms with van der Waals surface area (Å²) in [5.41, 5.74) is 1.04. The third-order valence-corrected chi connectivity index (χ3v) is 4.03. The lowest BCUT2D eigenvalue weighted by Crippen LogP contribution is -2.47. The van der Waals surface area contributed by atoms with Gasteiger partial charge in [0.05, 0.1) is 5.92 Å². The Morgan fingerprint density at radius 1 is 1.48 bits per heavy atom. The average Bonchev–Trinajstić information content (AvgIpc) is 2.56. The summed E-state index contributed by atoms with van der Waals surface area (Å²) in [6, 6.07) is 3.69. The Morgan fingerprint density at radius 3 is 2.91 bits per heavy atom. The van der Waals surface area contributed by atoms with Crippen molar-refractivity contribution in [2.45, 2.75) is 39.7 Å². The highest BCUT2D eigenvalue weighted by Crippen LogP contribution is 2.19. The van der Waals surface area contributed by atoms with Gasteiger partial charge in [-0.15, -0.1) is 0 Å². The number of anilines is 1. The van der Waals surface area contributed by atoms with Crippen LogP contribution in [0.3, 0.4) is 0 Å². The van der Waals surface area contributed by atoms with Crippen LogP contribution in [0.1, 0.15) is 32.3 Å². The summed E-state index contributed by atoms with van der Waals surface area (Å²) in [6.07, 6.45) is 2.87. The second-order valence-electron chi connectivity index (χ2n) is 5.93. The van der Waals surface area contributed by atoms with E-state index in [1.165, 1.54) is 0 Å². The van der Waals surface area contributed by atoms with E-state index in [-0.39, 0.29) is 17.7 Å².